The molecule has 2 fully saturated rings. The molecule has 2 aliphatic carbocycles. The Morgan fingerprint density at radius 2 is 1.94 bits per heavy atom. The first-order valence-corrected chi connectivity index (χ1v) is 7.54. The highest BCUT2D eigenvalue weighted by atomic mass is 16.3. The van der Waals surface area contributed by atoms with Gasteiger partial charge in [-0.3, -0.25) is 0 Å². The van der Waals surface area contributed by atoms with Gasteiger partial charge in [-0.05, 0) is 31.1 Å². The van der Waals surface area contributed by atoms with Gasteiger partial charge in [0, 0.05) is 12.0 Å². The molecule has 0 aromatic carbocycles. The van der Waals surface area contributed by atoms with Crippen LogP contribution >= 0.6 is 0 Å². The summed E-state index contributed by atoms with van der Waals surface area (Å²) in [5.41, 5.74) is 6.03. The Balaban J connectivity index is 1.90. The third kappa shape index (κ3) is 3.03. The molecule has 100 valence electrons. The molecule has 2 nitrogen and oxygen atoms in total. The van der Waals surface area contributed by atoms with Gasteiger partial charge < -0.3 is 10.8 Å². The fourth-order valence-electron chi connectivity index (χ4n) is 4.04. The Bertz CT molecular complexity index is 237. The molecular weight excluding hydrogens is 210 g/mol. The van der Waals surface area contributed by atoms with Crippen LogP contribution in [0.5, 0.6) is 0 Å². The molecule has 3 atom stereocenters. The van der Waals surface area contributed by atoms with E-state index >= 15 is 0 Å². The minimum Gasteiger partial charge on any atom is -0.392 e. The van der Waals surface area contributed by atoms with E-state index in [9.17, 15) is 5.11 Å². The van der Waals surface area contributed by atoms with Crippen LogP contribution < -0.4 is 5.73 Å². The molecule has 0 heterocycles. The van der Waals surface area contributed by atoms with Gasteiger partial charge in [-0.2, -0.15) is 0 Å². The van der Waals surface area contributed by atoms with Crippen LogP contribution in [-0.2, 0) is 0 Å². The number of aliphatic hydroxyl groups excluding tert-OH is 1. The van der Waals surface area contributed by atoms with E-state index in [1.165, 1.54) is 38.5 Å². The first kappa shape index (κ1) is 13.4. The minimum absolute atomic E-state index is 0.0524. The summed E-state index contributed by atoms with van der Waals surface area (Å²) in [6, 6.07) is 0. The number of hydrogen-bond donors (Lipinski definition) is 2. The molecule has 2 rings (SSSR count). The maximum absolute atomic E-state index is 10.6. The van der Waals surface area contributed by atoms with E-state index < -0.39 is 0 Å². The van der Waals surface area contributed by atoms with Crippen LogP contribution in [-0.4, -0.2) is 17.8 Å². The molecule has 0 amide bonds. The number of hydrogen-bond acceptors (Lipinski definition) is 2. The van der Waals surface area contributed by atoms with E-state index in [1.807, 2.05) is 0 Å². The standard InChI is InChI=1S/C15H29NO/c1-12-7-8-15(10-12,11-16)14(17)9-13-5-3-2-4-6-13/h12-14,17H,2-11,16H2,1H3. The molecule has 0 bridgehead atoms. The van der Waals surface area contributed by atoms with Gasteiger partial charge in [0.1, 0.15) is 0 Å². The summed E-state index contributed by atoms with van der Waals surface area (Å²) in [5.74, 6) is 1.51. The van der Waals surface area contributed by atoms with Gasteiger partial charge in [0.05, 0.1) is 6.10 Å². The maximum atomic E-state index is 10.6. The Morgan fingerprint density at radius 3 is 2.47 bits per heavy atom. The van der Waals surface area contributed by atoms with E-state index in [1.54, 1.807) is 0 Å². The van der Waals surface area contributed by atoms with Gasteiger partial charge in [0.15, 0.2) is 0 Å². The number of nitrogens with two attached hydrogens (primary N) is 1. The van der Waals surface area contributed by atoms with Crippen LogP contribution in [0.3, 0.4) is 0 Å². The van der Waals surface area contributed by atoms with E-state index in [-0.39, 0.29) is 11.5 Å². The smallest absolute Gasteiger partial charge is 0.0611 e. The Hall–Kier alpha value is -0.0800. The number of rotatable bonds is 4. The molecule has 0 saturated heterocycles. The summed E-state index contributed by atoms with van der Waals surface area (Å²) in [6.45, 7) is 2.97. The summed E-state index contributed by atoms with van der Waals surface area (Å²) >= 11 is 0. The highest BCUT2D eigenvalue weighted by Gasteiger charge is 2.42. The van der Waals surface area contributed by atoms with Crippen molar-refractivity contribution in [3.8, 4) is 0 Å². The normalized spacial score (nSPS) is 37.2. The second-order valence-electron chi connectivity index (χ2n) is 6.67. The highest BCUT2D eigenvalue weighted by molar-refractivity contribution is 4.94. The largest absolute Gasteiger partial charge is 0.392 e. The molecule has 0 aliphatic heterocycles. The molecule has 17 heavy (non-hydrogen) atoms. The summed E-state index contributed by atoms with van der Waals surface area (Å²) < 4.78 is 0. The van der Waals surface area contributed by atoms with E-state index in [0.29, 0.717) is 6.54 Å². The van der Waals surface area contributed by atoms with Crippen LogP contribution in [0.25, 0.3) is 0 Å². The van der Waals surface area contributed by atoms with Crippen molar-refractivity contribution < 1.29 is 5.11 Å². The second kappa shape index (κ2) is 5.71. The predicted octanol–water partition coefficient (Wildman–Crippen LogP) is 3.08. The molecule has 0 aromatic rings. The fourth-order valence-corrected chi connectivity index (χ4v) is 4.04. The number of aliphatic hydroxyl groups is 1. The molecule has 3 unspecified atom stereocenters. The average molecular weight is 239 g/mol. The first-order chi connectivity index (χ1) is 8.16. The summed E-state index contributed by atoms with van der Waals surface area (Å²) in [5, 5.41) is 10.6. The molecule has 2 saturated carbocycles. The van der Waals surface area contributed by atoms with Gasteiger partial charge in [-0.1, -0.05) is 45.4 Å². The lowest BCUT2D eigenvalue weighted by Gasteiger charge is -2.36. The fraction of sp³-hybridized carbons (Fsp3) is 1.00. The Labute approximate surface area is 106 Å². The summed E-state index contributed by atoms with van der Waals surface area (Å²) in [7, 11) is 0. The predicted molar refractivity (Wildman–Crippen MR) is 71.7 cm³/mol. The SMILES string of the molecule is CC1CCC(CN)(C(O)CC2CCCCC2)C1. The van der Waals surface area contributed by atoms with Crippen molar-refractivity contribution in [2.24, 2.45) is 23.0 Å². The zero-order valence-electron chi connectivity index (χ0n) is 11.3. The maximum Gasteiger partial charge on any atom is 0.0611 e. The van der Waals surface area contributed by atoms with Crippen LogP contribution in [0.1, 0.15) is 64.7 Å². The van der Waals surface area contributed by atoms with Crippen molar-refractivity contribution in [2.45, 2.75) is 70.8 Å². The van der Waals surface area contributed by atoms with Crippen LogP contribution in [0.4, 0.5) is 0 Å². The Morgan fingerprint density at radius 1 is 1.24 bits per heavy atom. The molecule has 0 radical (unpaired) electrons. The lowest BCUT2D eigenvalue weighted by Crippen LogP contribution is -2.41. The van der Waals surface area contributed by atoms with Crippen molar-refractivity contribution in [1.82, 2.24) is 0 Å². The molecule has 2 heteroatoms. The van der Waals surface area contributed by atoms with Gasteiger partial charge in [-0.15, -0.1) is 0 Å². The minimum atomic E-state index is -0.152. The van der Waals surface area contributed by atoms with Crippen LogP contribution in [0, 0.1) is 17.3 Å². The lowest BCUT2D eigenvalue weighted by molar-refractivity contribution is 0.00916. The van der Waals surface area contributed by atoms with Crippen LogP contribution in [0.15, 0.2) is 0 Å². The summed E-state index contributed by atoms with van der Waals surface area (Å²) in [4.78, 5) is 0. The van der Waals surface area contributed by atoms with Crippen molar-refractivity contribution in [3.05, 3.63) is 0 Å². The van der Waals surface area contributed by atoms with Gasteiger partial charge in [0.2, 0.25) is 0 Å². The monoisotopic (exact) mass is 239 g/mol. The summed E-state index contributed by atoms with van der Waals surface area (Å²) in [6.07, 6.45) is 11.2. The lowest BCUT2D eigenvalue weighted by atomic mass is 9.74. The first-order valence-electron chi connectivity index (χ1n) is 7.54. The highest BCUT2D eigenvalue weighted by Crippen LogP contribution is 2.45. The van der Waals surface area contributed by atoms with E-state index in [2.05, 4.69) is 6.92 Å². The van der Waals surface area contributed by atoms with Gasteiger partial charge in [-0.25, -0.2) is 0 Å². The second-order valence-corrected chi connectivity index (χ2v) is 6.67. The van der Waals surface area contributed by atoms with E-state index in [4.69, 9.17) is 5.73 Å². The van der Waals surface area contributed by atoms with Gasteiger partial charge in [0.25, 0.3) is 0 Å². The molecule has 3 N–H and O–H groups in total. The van der Waals surface area contributed by atoms with Crippen molar-refractivity contribution in [2.75, 3.05) is 6.54 Å². The van der Waals surface area contributed by atoms with E-state index in [0.717, 1.165) is 31.1 Å². The topological polar surface area (TPSA) is 46.2 Å². The molecule has 0 aromatic heterocycles. The molecule has 2 aliphatic rings. The molecular formula is C15H29NO. The quantitative estimate of drug-likeness (QED) is 0.792. The van der Waals surface area contributed by atoms with Crippen molar-refractivity contribution in [1.29, 1.82) is 0 Å². The Kier molecular flexibility index (Phi) is 4.48. The van der Waals surface area contributed by atoms with Crippen LogP contribution in [0.2, 0.25) is 0 Å². The van der Waals surface area contributed by atoms with Crippen molar-refractivity contribution in [3.63, 3.8) is 0 Å². The zero-order valence-corrected chi connectivity index (χ0v) is 11.3. The zero-order chi connectivity index (χ0) is 12.3. The van der Waals surface area contributed by atoms with Gasteiger partial charge >= 0.3 is 0 Å². The van der Waals surface area contributed by atoms with Crippen molar-refractivity contribution >= 4 is 0 Å². The third-order valence-corrected chi connectivity index (χ3v) is 5.28. The third-order valence-electron chi connectivity index (χ3n) is 5.28. The molecule has 0 spiro atoms. The average Bonchev–Trinajstić information content (AvgIpc) is 2.73.